The number of rotatable bonds is 10. The average molecular weight is 250 g/mol. The summed E-state index contributed by atoms with van der Waals surface area (Å²) in [7, 11) is 0. The molecule has 0 saturated carbocycles. The Kier molecular flexibility index (Phi) is 8.47. The summed E-state index contributed by atoms with van der Waals surface area (Å²) >= 11 is 0. The van der Waals surface area contributed by atoms with Crippen molar-refractivity contribution in [3.8, 4) is 0 Å². The predicted octanol–water partition coefficient (Wildman–Crippen LogP) is 3.52. The Bertz CT molecular complexity index is 288. The second kappa shape index (κ2) is 10.1. The van der Waals surface area contributed by atoms with Crippen molar-refractivity contribution in [2.45, 2.75) is 51.4 Å². The Hall–Kier alpha value is -0.900. The Labute approximate surface area is 111 Å². The number of nitrogens with zero attached hydrogens (tertiary/aromatic N) is 1. The molecule has 1 aromatic rings. The van der Waals surface area contributed by atoms with Crippen LogP contribution in [0.15, 0.2) is 30.3 Å². The van der Waals surface area contributed by atoms with Gasteiger partial charge in [0.2, 0.25) is 0 Å². The number of nitrogens with two attached hydrogens (primary N) is 1. The average Bonchev–Trinajstić information content (AvgIpc) is 2.37. The van der Waals surface area contributed by atoms with E-state index in [1.807, 2.05) is 0 Å². The van der Waals surface area contributed by atoms with Gasteiger partial charge in [0.05, 0.1) is 0 Å². The molecule has 1 aromatic carbocycles. The molecule has 0 aliphatic carbocycles. The topological polar surface area (TPSA) is 49.5 Å². The van der Waals surface area contributed by atoms with Crippen molar-refractivity contribution >= 4 is 0 Å². The summed E-state index contributed by atoms with van der Waals surface area (Å²) in [4.78, 5) is 0. The number of aryl methyl sites for hydroxylation is 1. The molecule has 0 aromatic heterocycles. The minimum Gasteiger partial charge on any atom is -0.299 e. The highest BCUT2D eigenvalue weighted by atomic mass is 16.5. The van der Waals surface area contributed by atoms with Crippen molar-refractivity contribution in [1.29, 1.82) is 0 Å². The molecule has 0 bridgehead atoms. The van der Waals surface area contributed by atoms with E-state index in [1.165, 1.54) is 44.1 Å². The highest BCUT2D eigenvalue weighted by Crippen LogP contribution is 2.10. The second-order valence-corrected chi connectivity index (χ2v) is 4.87. The van der Waals surface area contributed by atoms with Gasteiger partial charge in [0.25, 0.3) is 0 Å². The van der Waals surface area contributed by atoms with E-state index in [-0.39, 0.29) is 0 Å². The third-order valence-electron chi connectivity index (χ3n) is 3.20. The zero-order valence-corrected chi connectivity index (χ0v) is 11.2. The summed E-state index contributed by atoms with van der Waals surface area (Å²) < 4.78 is 0. The minimum atomic E-state index is 0.577. The van der Waals surface area contributed by atoms with Crippen LogP contribution in [0.2, 0.25) is 0 Å². The maximum Gasteiger partial charge on any atom is 0.0396 e. The van der Waals surface area contributed by atoms with Crippen LogP contribution in [0.3, 0.4) is 0 Å². The first kappa shape index (κ1) is 15.2. The fourth-order valence-corrected chi connectivity index (χ4v) is 2.13. The SMILES string of the molecule is NN(O)CCCCCCCCCc1ccccc1. The van der Waals surface area contributed by atoms with Crippen LogP contribution in [-0.2, 0) is 6.42 Å². The Morgan fingerprint density at radius 1 is 0.833 bits per heavy atom. The molecule has 3 nitrogen and oxygen atoms in total. The molecule has 0 aliphatic heterocycles. The molecule has 0 radical (unpaired) electrons. The lowest BCUT2D eigenvalue weighted by Crippen LogP contribution is -2.27. The van der Waals surface area contributed by atoms with Crippen LogP contribution < -0.4 is 5.84 Å². The third kappa shape index (κ3) is 8.23. The van der Waals surface area contributed by atoms with Crippen LogP contribution in [0.4, 0.5) is 0 Å². The van der Waals surface area contributed by atoms with Crippen LogP contribution in [0, 0.1) is 0 Å². The summed E-state index contributed by atoms with van der Waals surface area (Å²) in [6.45, 7) is 0.577. The van der Waals surface area contributed by atoms with E-state index in [9.17, 15) is 0 Å². The molecule has 1 rings (SSSR count). The van der Waals surface area contributed by atoms with Crippen molar-refractivity contribution in [1.82, 2.24) is 5.17 Å². The van der Waals surface area contributed by atoms with Crippen molar-refractivity contribution in [3.63, 3.8) is 0 Å². The van der Waals surface area contributed by atoms with Gasteiger partial charge in [0, 0.05) is 6.54 Å². The molecule has 0 saturated heterocycles. The maximum absolute atomic E-state index is 8.74. The van der Waals surface area contributed by atoms with Crippen molar-refractivity contribution in [2.75, 3.05) is 6.54 Å². The van der Waals surface area contributed by atoms with Crippen LogP contribution in [0.25, 0.3) is 0 Å². The molecule has 3 heteroatoms. The van der Waals surface area contributed by atoms with Gasteiger partial charge in [-0.15, -0.1) is 5.17 Å². The van der Waals surface area contributed by atoms with Gasteiger partial charge in [0.15, 0.2) is 0 Å². The van der Waals surface area contributed by atoms with E-state index in [4.69, 9.17) is 11.0 Å². The number of hydrogen-bond donors (Lipinski definition) is 2. The highest BCUT2D eigenvalue weighted by Gasteiger charge is 1.95. The van der Waals surface area contributed by atoms with E-state index in [1.54, 1.807) is 0 Å². The first-order chi connectivity index (χ1) is 8.79. The van der Waals surface area contributed by atoms with Crippen molar-refractivity contribution in [2.24, 2.45) is 5.84 Å². The van der Waals surface area contributed by atoms with Gasteiger partial charge in [0.1, 0.15) is 0 Å². The monoisotopic (exact) mass is 250 g/mol. The van der Waals surface area contributed by atoms with Crippen LogP contribution in [0.1, 0.15) is 50.5 Å². The molecule has 0 spiro atoms. The highest BCUT2D eigenvalue weighted by molar-refractivity contribution is 5.14. The number of benzene rings is 1. The molecule has 0 amide bonds. The smallest absolute Gasteiger partial charge is 0.0396 e. The predicted molar refractivity (Wildman–Crippen MR) is 75.1 cm³/mol. The van der Waals surface area contributed by atoms with Gasteiger partial charge < -0.3 is 0 Å². The molecule has 3 N–H and O–H groups in total. The van der Waals surface area contributed by atoms with E-state index in [2.05, 4.69) is 30.3 Å². The fourth-order valence-electron chi connectivity index (χ4n) is 2.13. The Morgan fingerprint density at radius 2 is 1.39 bits per heavy atom. The lowest BCUT2D eigenvalue weighted by molar-refractivity contribution is -0.0939. The number of hydrazine groups is 1. The fraction of sp³-hybridized carbons (Fsp3) is 0.600. The zero-order valence-electron chi connectivity index (χ0n) is 11.2. The largest absolute Gasteiger partial charge is 0.299 e. The molecule has 18 heavy (non-hydrogen) atoms. The maximum atomic E-state index is 8.74. The van der Waals surface area contributed by atoms with Gasteiger partial charge in [-0.1, -0.05) is 62.4 Å². The van der Waals surface area contributed by atoms with E-state index < -0.39 is 0 Å². The van der Waals surface area contributed by atoms with Gasteiger partial charge >= 0.3 is 0 Å². The lowest BCUT2D eigenvalue weighted by Gasteiger charge is -2.06. The molecule has 0 fully saturated rings. The van der Waals surface area contributed by atoms with Crippen molar-refractivity contribution in [3.05, 3.63) is 35.9 Å². The van der Waals surface area contributed by atoms with Gasteiger partial charge in [-0.25, -0.2) is 5.84 Å². The lowest BCUT2D eigenvalue weighted by atomic mass is 10.0. The van der Waals surface area contributed by atoms with E-state index >= 15 is 0 Å². The van der Waals surface area contributed by atoms with Gasteiger partial charge in [-0.2, -0.15) is 0 Å². The summed E-state index contributed by atoms with van der Waals surface area (Å²) in [5.41, 5.74) is 1.45. The van der Waals surface area contributed by atoms with Gasteiger partial charge in [-0.3, -0.25) is 5.21 Å². The molecule has 0 aliphatic rings. The first-order valence-corrected chi connectivity index (χ1v) is 7.04. The summed E-state index contributed by atoms with van der Waals surface area (Å²) in [5, 5.41) is 9.52. The van der Waals surface area contributed by atoms with Gasteiger partial charge in [-0.05, 0) is 24.8 Å². The molecule has 102 valence electrons. The van der Waals surface area contributed by atoms with E-state index in [0.717, 1.165) is 18.0 Å². The zero-order chi connectivity index (χ0) is 13.1. The number of hydrogen-bond acceptors (Lipinski definition) is 3. The van der Waals surface area contributed by atoms with E-state index in [0.29, 0.717) is 6.54 Å². The Morgan fingerprint density at radius 3 is 2.00 bits per heavy atom. The molecular weight excluding hydrogens is 224 g/mol. The minimum absolute atomic E-state index is 0.577. The van der Waals surface area contributed by atoms with Crippen LogP contribution in [-0.4, -0.2) is 16.9 Å². The van der Waals surface area contributed by atoms with Crippen LogP contribution >= 0.6 is 0 Å². The molecule has 0 heterocycles. The summed E-state index contributed by atoms with van der Waals surface area (Å²) in [6.07, 6.45) is 9.81. The third-order valence-corrected chi connectivity index (χ3v) is 3.20. The molecule has 0 atom stereocenters. The van der Waals surface area contributed by atoms with Crippen molar-refractivity contribution < 1.29 is 5.21 Å². The Balaban J connectivity index is 1.84. The quantitative estimate of drug-likeness (QED) is 0.379. The standard InChI is InChI=1S/C15H26N2O/c16-17(18)14-10-5-3-1-2-4-7-11-15-12-8-6-9-13-15/h6,8-9,12-13,18H,1-5,7,10-11,14,16H2. The summed E-state index contributed by atoms with van der Waals surface area (Å²) in [5.74, 6) is 5.12. The molecule has 0 unspecified atom stereocenters. The number of unbranched alkanes of at least 4 members (excludes halogenated alkanes) is 6. The van der Waals surface area contributed by atoms with Crippen LogP contribution in [0.5, 0.6) is 0 Å². The number of hydroxylamine groups is 1. The molecular formula is C15H26N2O. The normalized spacial score (nSPS) is 11.1. The summed E-state index contributed by atoms with van der Waals surface area (Å²) in [6, 6.07) is 10.7. The second-order valence-electron chi connectivity index (χ2n) is 4.87. The first-order valence-electron chi connectivity index (χ1n) is 7.04.